The Morgan fingerprint density at radius 2 is 1.80 bits per heavy atom. The van der Waals surface area contributed by atoms with Crippen molar-refractivity contribution in [2.75, 3.05) is 0 Å². The fourth-order valence-electron chi connectivity index (χ4n) is 1.86. The molecule has 0 amide bonds. The molecular formula is C10H20O8SW. The van der Waals surface area contributed by atoms with Gasteiger partial charge < -0.3 is 10.2 Å². The molecule has 0 aromatic heterocycles. The molecule has 1 heterocycles. The van der Waals surface area contributed by atoms with Crippen LogP contribution in [-0.4, -0.2) is 43.0 Å². The molecule has 0 aromatic rings. The van der Waals surface area contributed by atoms with E-state index in [2.05, 4.69) is 4.18 Å². The van der Waals surface area contributed by atoms with E-state index >= 15 is 0 Å². The summed E-state index contributed by atoms with van der Waals surface area (Å²) in [5.41, 5.74) is 0. The van der Waals surface area contributed by atoms with Crippen molar-refractivity contribution >= 4 is 10.4 Å². The van der Waals surface area contributed by atoms with Crippen molar-refractivity contribution in [3.63, 3.8) is 0 Å². The van der Waals surface area contributed by atoms with E-state index in [0.717, 1.165) is 0 Å². The Kier molecular flexibility index (Phi) is 9.95. The normalized spacial score (nSPS) is 27.8. The van der Waals surface area contributed by atoms with E-state index in [4.69, 9.17) is 11.0 Å². The number of aliphatic hydroxyl groups is 2. The Hall–Kier alpha value is 0.0783. The molecule has 4 unspecified atom stereocenters. The second-order valence-electron chi connectivity index (χ2n) is 4.52. The molecule has 1 aliphatic rings. The molecule has 2 N–H and O–H groups in total. The van der Waals surface area contributed by atoms with Crippen molar-refractivity contribution in [3.05, 3.63) is 0 Å². The van der Waals surface area contributed by atoms with Gasteiger partial charge in [-0.25, -0.2) is 8.37 Å². The van der Waals surface area contributed by atoms with E-state index in [-0.39, 0.29) is 12.8 Å². The second kappa shape index (κ2) is 9.91. The van der Waals surface area contributed by atoms with Crippen LogP contribution in [-0.2, 0) is 44.0 Å². The Morgan fingerprint density at radius 3 is 2.25 bits per heavy atom. The van der Waals surface area contributed by atoms with Crippen molar-refractivity contribution < 1.29 is 52.3 Å². The number of hydrogen-bond donors (Lipinski definition) is 2. The van der Waals surface area contributed by atoms with Gasteiger partial charge in [-0.05, 0) is 19.8 Å². The standard InChI is InChI=1S/C10H20O6S.2O.W/c1-3-8(11)5-9(12)6-10-4-7(2)15-17(13,14)16-10;;;/h7-12H,3-6H2,1-2H3;;;. The van der Waals surface area contributed by atoms with E-state index in [0.29, 0.717) is 12.8 Å². The Bertz CT molecular complexity index is 405. The summed E-state index contributed by atoms with van der Waals surface area (Å²) in [6.45, 7) is 3.45. The van der Waals surface area contributed by atoms with E-state index < -0.39 is 53.3 Å². The van der Waals surface area contributed by atoms with Gasteiger partial charge in [0.1, 0.15) is 0 Å². The molecule has 0 saturated carbocycles. The minimum atomic E-state index is -3.93. The molecule has 0 radical (unpaired) electrons. The molecule has 1 rings (SSSR count). The Labute approximate surface area is 126 Å². The van der Waals surface area contributed by atoms with Gasteiger partial charge in [0.2, 0.25) is 0 Å². The summed E-state index contributed by atoms with van der Waals surface area (Å²) in [5.74, 6) is 0. The molecule has 4 atom stereocenters. The van der Waals surface area contributed by atoms with Gasteiger partial charge in [-0.2, -0.15) is 8.42 Å². The Balaban J connectivity index is 0.00000110. The Morgan fingerprint density at radius 1 is 1.25 bits per heavy atom. The van der Waals surface area contributed by atoms with Crippen LogP contribution in [0.25, 0.3) is 0 Å². The van der Waals surface area contributed by atoms with E-state index in [1.165, 1.54) is 0 Å². The van der Waals surface area contributed by atoms with Gasteiger partial charge in [0.15, 0.2) is 0 Å². The van der Waals surface area contributed by atoms with E-state index in [9.17, 15) is 18.6 Å². The maximum absolute atomic E-state index is 11.2. The predicted octanol–water partition coefficient (Wildman–Crippen LogP) is 0.0971. The van der Waals surface area contributed by atoms with Crippen molar-refractivity contribution in [1.82, 2.24) is 0 Å². The molecular weight excluding hydrogens is 464 g/mol. The molecule has 0 bridgehead atoms. The average molecular weight is 484 g/mol. The first-order valence-corrected chi connectivity index (χ1v) is 9.86. The quantitative estimate of drug-likeness (QED) is 0.563. The number of aliphatic hydroxyl groups excluding tert-OH is 2. The zero-order valence-electron chi connectivity index (χ0n) is 11.3. The third kappa shape index (κ3) is 9.09. The van der Waals surface area contributed by atoms with Crippen LogP contribution in [0.2, 0.25) is 0 Å². The topological polar surface area (TPSA) is 127 Å². The summed E-state index contributed by atoms with van der Waals surface area (Å²) >= 11 is -2.25. The fraction of sp³-hybridized carbons (Fsp3) is 1.00. The van der Waals surface area contributed by atoms with Crippen LogP contribution in [0.1, 0.15) is 39.5 Å². The first-order valence-electron chi connectivity index (χ1n) is 6.13. The monoisotopic (exact) mass is 484 g/mol. The van der Waals surface area contributed by atoms with E-state index in [1.54, 1.807) is 6.92 Å². The predicted molar refractivity (Wildman–Crippen MR) is 61.9 cm³/mol. The molecule has 1 fully saturated rings. The summed E-state index contributed by atoms with van der Waals surface area (Å²) in [6.07, 6.45) is -0.978. The van der Waals surface area contributed by atoms with Crippen molar-refractivity contribution in [2.45, 2.75) is 63.9 Å². The van der Waals surface area contributed by atoms with Gasteiger partial charge >= 0.3 is 35.7 Å². The van der Waals surface area contributed by atoms with Gasteiger partial charge in [-0.3, -0.25) is 0 Å². The average Bonchev–Trinajstić information content (AvgIpc) is 2.26. The van der Waals surface area contributed by atoms with Crippen molar-refractivity contribution in [3.8, 4) is 0 Å². The van der Waals surface area contributed by atoms with E-state index in [1.807, 2.05) is 6.92 Å². The maximum atomic E-state index is 11.2. The van der Waals surface area contributed by atoms with Gasteiger partial charge in [0, 0.05) is 12.8 Å². The van der Waals surface area contributed by atoms with Crippen molar-refractivity contribution in [2.24, 2.45) is 0 Å². The van der Waals surface area contributed by atoms with Crippen LogP contribution in [0.3, 0.4) is 0 Å². The molecule has 20 heavy (non-hydrogen) atoms. The van der Waals surface area contributed by atoms with Crippen LogP contribution in [0.15, 0.2) is 0 Å². The SMILES string of the molecule is CCC(O)CC(O)CC1CC(C)OS(=O)(=O)O1.[O]=[W]=[O]. The summed E-state index contributed by atoms with van der Waals surface area (Å²) < 4.78 is 48.7. The summed E-state index contributed by atoms with van der Waals surface area (Å²) in [5, 5.41) is 19.1. The van der Waals surface area contributed by atoms with Crippen LogP contribution in [0, 0.1) is 0 Å². The molecule has 1 aliphatic heterocycles. The third-order valence-corrected chi connectivity index (χ3v) is 3.75. The molecule has 8 nitrogen and oxygen atoms in total. The molecule has 120 valence electrons. The molecule has 0 aromatic carbocycles. The zero-order chi connectivity index (χ0) is 15.8. The van der Waals surface area contributed by atoms with Gasteiger partial charge in [0.25, 0.3) is 0 Å². The first-order chi connectivity index (χ1) is 9.23. The van der Waals surface area contributed by atoms with Crippen LogP contribution < -0.4 is 0 Å². The van der Waals surface area contributed by atoms with Gasteiger partial charge in [-0.15, -0.1) is 0 Å². The summed E-state index contributed by atoms with van der Waals surface area (Å²) in [6, 6.07) is 0. The molecule has 0 spiro atoms. The van der Waals surface area contributed by atoms with Crippen LogP contribution in [0.4, 0.5) is 0 Å². The zero-order valence-corrected chi connectivity index (χ0v) is 15.0. The summed E-state index contributed by atoms with van der Waals surface area (Å²) in [4.78, 5) is 0. The second-order valence-corrected chi connectivity index (χ2v) is 6.21. The van der Waals surface area contributed by atoms with Gasteiger partial charge in [0.05, 0.1) is 24.4 Å². The van der Waals surface area contributed by atoms with Crippen molar-refractivity contribution in [1.29, 1.82) is 0 Å². The van der Waals surface area contributed by atoms with Gasteiger partial charge in [-0.1, -0.05) is 6.92 Å². The number of rotatable bonds is 5. The minimum absolute atomic E-state index is 0.185. The third-order valence-electron chi connectivity index (χ3n) is 2.68. The molecule has 0 aliphatic carbocycles. The fourth-order valence-corrected chi connectivity index (χ4v) is 2.87. The summed E-state index contributed by atoms with van der Waals surface area (Å²) in [7, 11) is -3.93. The number of hydrogen-bond acceptors (Lipinski definition) is 8. The first kappa shape index (κ1) is 20.1. The molecule has 10 heteroatoms. The van der Waals surface area contributed by atoms with Crippen LogP contribution >= 0.6 is 0 Å². The van der Waals surface area contributed by atoms with Crippen LogP contribution in [0.5, 0.6) is 0 Å². The molecule has 1 saturated heterocycles.